The molecule has 9 aliphatic heterocycles. The normalized spacial score (nSPS) is 29.2. The Hall–Kier alpha value is -5.45. The SMILES string of the molecule is COc1c2ccc3c1O[C@H]1c4c(C[NH+]5C=C6N=CC=C6C5)cc(O[C@@H]5O[C@H](COC(=O)CC(=O)O)[C@@H](O)[C@H](O)[C@H]5O)cc4O[C@@H](Cc4ccc(cc4)CCO2)[C@@H]31. The average Bonchev–Trinajstić information content (AvgIpc) is 3.89. The fourth-order valence-corrected chi connectivity index (χ4v) is 8.43. The first-order chi connectivity index (χ1) is 27.1. The molecule has 56 heavy (non-hydrogen) atoms. The van der Waals surface area contributed by atoms with Crippen molar-refractivity contribution in [2.75, 3.05) is 26.9 Å². The van der Waals surface area contributed by atoms with Gasteiger partial charge in [0.2, 0.25) is 12.0 Å². The standard InChI is InChI=1S/C41H40N2O13/c1-50-39-27-7-6-25-34-28(12-21-4-2-20(3-5-21)9-11-51-27)54-29-14-24(53-41-37(49)36(48)35(47)30(55-41)19-52-32(46)15-31(44)45)13-23(33(29)40(34)56-38(25)39)17-43-16-22-8-10-42-26(22)18-43/h2-8,10,13-14,18,28,30,34-37,40-41,47-49H,9,11-12,15-17,19H2,1H3,(H,44,45)/p+1/t28-,30+,34+,35+,36-,37+,40-,41+/m0/s1. The third-order valence-electron chi connectivity index (χ3n) is 11.1. The Morgan fingerprint density at radius 1 is 0.982 bits per heavy atom. The van der Waals surface area contributed by atoms with Crippen LogP contribution in [0.2, 0.25) is 0 Å². The minimum Gasteiger partial charge on any atom is -0.490 e. The van der Waals surface area contributed by atoms with Crippen LogP contribution >= 0.6 is 0 Å². The van der Waals surface area contributed by atoms with E-state index in [1.807, 2.05) is 24.3 Å². The van der Waals surface area contributed by atoms with Crippen molar-refractivity contribution in [1.82, 2.24) is 0 Å². The number of carboxylic acid groups (broad SMARTS) is 1. The van der Waals surface area contributed by atoms with Crippen LogP contribution in [0.15, 0.2) is 77.1 Å². The molecule has 9 atom stereocenters. The van der Waals surface area contributed by atoms with Crippen molar-refractivity contribution >= 4 is 18.2 Å². The van der Waals surface area contributed by atoms with Gasteiger partial charge >= 0.3 is 11.9 Å². The molecule has 3 aromatic carbocycles. The highest BCUT2D eigenvalue weighted by molar-refractivity contribution is 5.90. The third kappa shape index (κ3) is 6.64. The molecule has 1 unspecified atom stereocenters. The molecule has 292 valence electrons. The first-order valence-corrected chi connectivity index (χ1v) is 18.6. The second-order valence-electron chi connectivity index (χ2n) is 14.7. The Morgan fingerprint density at radius 3 is 2.59 bits per heavy atom. The van der Waals surface area contributed by atoms with Gasteiger partial charge < -0.3 is 53.6 Å². The van der Waals surface area contributed by atoms with Gasteiger partial charge in [0.1, 0.15) is 86.1 Å². The molecule has 5 N–H and O–H groups in total. The molecule has 0 radical (unpaired) electrons. The van der Waals surface area contributed by atoms with Crippen LogP contribution < -0.4 is 28.6 Å². The summed E-state index contributed by atoms with van der Waals surface area (Å²) in [6.07, 6.45) is -2.57. The predicted octanol–water partition coefficient (Wildman–Crippen LogP) is 1.31. The van der Waals surface area contributed by atoms with Crippen LogP contribution in [0, 0.1) is 0 Å². The number of quaternary nitrogens is 1. The van der Waals surface area contributed by atoms with Crippen molar-refractivity contribution in [2.24, 2.45) is 4.99 Å². The molecule has 15 heteroatoms. The Labute approximate surface area is 320 Å². The van der Waals surface area contributed by atoms with E-state index in [1.54, 1.807) is 19.4 Å². The fourth-order valence-electron chi connectivity index (χ4n) is 8.43. The lowest BCUT2D eigenvalue weighted by Crippen LogP contribution is -3.04. The lowest BCUT2D eigenvalue weighted by Gasteiger charge is -2.40. The van der Waals surface area contributed by atoms with Crippen molar-refractivity contribution < 1.29 is 68.1 Å². The molecule has 15 nitrogen and oxygen atoms in total. The number of benzene rings is 3. The quantitative estimate of drug-likeness (QED) is 0.155. The van der Waals surface area contributed by atoms with Gasteiger partial charge in [-0.2, -0.15) is 0 Å². The number of rotatable bonds is 9. The fraction of sp³-hybridized carbons (Fsp3) is 0.390. The minimum atomic E-state index is -1.74. The van der Waals surface area contributed by atoms with Crippen molar-refractivity contribution in [3.05, 3.63) is 99.9 Å². The summed E-state index contributed by atoms with van der Waals surface area (Å²) in [4.78, 5) is 28.5. The molecular weight excluding hydrogens is 728 g/mol. The van der Waals surface area contributed by atoms with Crippen molar-refractivity contribution in [1.29, 1.82) is 0 Å². The van der Waals surface area contributed by atoms with Gasteiger partial charge in [-0.1, -0.05) is 30.3 Å². The number of fused-ring (bicyclic) bond motifs is 3. The summed E-state index contributed by atoms with van der Waals surface area (Å²) in [5.41, 5.74) is 6.86. The van der Waals surface area contributed by atoms with E-state index < -0.39 is 61.8 Å². The van der Waals surface area contributed by atoms with Gasteiger partial charge in [0.05, 0.1) is 19.6 Å². The topological polar surface area (TPSA) is 196 Å². The highest BCUT2D eigenvalue weighted by atomic mass is 16.7. The van der Waals surface area contributed by atoms with E-state index >= 15 is 0 Å². The number of nitrogens with one attached hydrogen (secondary N) is 1. The van der Waals surface area contributed by atoms with Crippen LogP contribution in [-0.2, 0) is 38.4 Å². The van der Waals surface area contributed by atoms with Crippen molar-refractivity contribution in [3.63, 3.8) is 0 Å². The summed E-state index contributed by atoms with van der Waals surface area (Å²) in [5.74, 6) is -0.215. The lowest BCUT2D eigenvalue weighted by molar-refractivity contribution is -0.851. The van der Waals surface area contributed by atoms with Crippen LogP contribution in [0.1, 0.15) is 46.3 Å². The number of aliphatic hydroxyl groups excluding tert-OH is 3. The number of methoxy groups -OCH3 is 1. The number of hydrogen-bond acceptors (Lipinski definition) is 13. The summed E-state index contributed by atoms with van der Waals surface area (Å²) < 4.78 is 43.2. The molecule has 1 fully saturated rings. The van der Waals surface area contributed by atoms with E-state index in [0.29, 0.717) is 55.5 Å². The number of carbonyl (C=O) groups is 2. The van der Waals surface area contributed by atoms with Gasteiger partial charge in [-0.15, -0.1) is 0 Å². The van der Waals surface area contributed by atoms with Gasteiger partial charge in [0.15, 0.2) is 11.5 Å². The lowest BCUT2D eigenvalue weighted by atomic mass is 9.80. The van der Waals surface area contributed by atoms with E-state index in [4.69, 9.17) is 38.3 Å². The van der Waals surface area contributed by atoms with E-state index in [-0.39, 0.29) is 17.8 Å². The molecule has 0 spiro atoms. The van der Waals surface area contributed by atoms with Gasteiger partial charge in [0.25, 0.3) is 0 Å². The largest absolute Gasteiger partial charge is 0.490 e. The molecule has 0 amide bonds. The molecule has 0 aromatic heterocycles. The smallest absolute Gasteiger partial charge is 0.317 e. The predicted molar refractivity (Wildman–Crippen MR) is 194 cm³/mol. The van der Waals surface area contributed by atoms with Crippen LogP contribution in [0.3, 0.4) is 0 Å². The zero-order valence-electron chi connectivity index (χ0n) is 30.3. The molecule has 6 bridgehead atoms. The zero-order chi connectivity index (χ0) is 38.7. The van der Waals surface area contributed by atoms with Gasteiger partial charge in [-0.25, -0.2) is 0 Å². The van der Waals surface area contributed by atoms with Gasteiger partial charge in [-0.05, 0) is 29.3 Å². The number of aliphatic imine (C=N–C) groups is 1. The molecule has 3 aromatic rings. The molecular formula is C41H41N2O13+. The van der Waals surface area contributed by atoms with Crippen molar-refractivity contribution in [3.8, 4) is 28.7 Å². The zero-order valence-corrected chi connectivity index (χ0v) is 30.3. The second kappa shape index (κ2) is 14.6. The molecule has 9 heterocycles. The first kappa shape index (κ1) is 36.2. The minimum absolute atomic E-state index is 0.225. The highest BCUT2D eigenvalue weighted by Crippen LogP contribution is 2.59. The van der Waals surface area contributed by atoms with E-state index in [9.17, 15) is 24.9 Å². The number of aliphatic hydroxyl groups is 3. The average molecular weight is 770 g/mol. The van der Waals surface area contributed by atoms with E-state index in [1.165, 1.54) is 0 Å². The number of allylic oxidation sites excluding steroid dienone is 1. The summed E-state index contributed by atoms with van der Waals surface area (Å²) in [5, 5.41) is 41.3. The van der Waals surface area contributed by atoms with Gasteiger partial charge in [0, 0.05) is 47.4 Å². The Morgan fingerprint density at radius 2 is 1.80 bits per heavy atom. The number of carboxylic acids is 1. The number of aliphatic carboxylic acids is 1. The Kier molecular flexibility index (Phi) is 9.42. The summed E-state index contributed by atoms with van der Waals surface area (Å²) in [6, 6.07) is 15.9. The monoisotopic (exact) mass is 769 g/mol. The molecule has 1 saturated heterocycles. The Balaban J connectivity index is 1.10. The third-order valence-corrected chi connectivity index (χ3v) is 11.1. The first-order valence-electron chi connectivity index (χ1n) is 18.6. The van der Waals surface area contributed by atoms with Crippen LogP contribution in [0.25, 0.3) is 0 Å². The van der Waals surface area contributed by atoms with Crippen LogP contribution in [0.4, 0.5) is 0 Å². The maximum atomic E-state index is 11.9. The number of nitrogens with zero attached hydrogens (tertiary/aromatic N) is 1. The maximum Gasteiger partial charge on any atom is 0.317 e. The highest BCUT2D eigenvalue weighted by Gasteiger charge is 2.50. The summed E-state index contributed by atoms with van der Waals surface area (Å²) >= 11 is 0. The van der Waals surface area contributed by atoms with E-state index in [0.717, 1.165) is 44.0 Å². The Bertz CT molecular complexity index is 2150. The van der Waals surface area contributed by atoms with Crippen molar-refractivity contribution in [2.45, 2.75) is 74.6 Å². The summed E-state index contributed by atoms with van der Waals surface area (Å²) in [7, 11) is 1.60. The molecule has 12 rings (SSSR count). The number of carbonyl (C=O) groups excluding carboxylic acids is 1. The number of hydrogen-bond donors (Lipinski definition) is 5. The number of esters is 1. The van der Waals surface area contributed by atoms with Gasteiger partial charge in [-0.3, -0.25) is 19.5 Å². The van der Waals surface area contributed by atoms with Crippen LogP contribution in [-0.4, -0.2) is 102 Å². The van der Waals surface area contributed by atoms with Crippen LogP contribution in [0.5, 0.6) is 28.7 Å². The molecule has 0 saturated carbocycles. The number of ether oxygens (including phenoxy) is 7. The second-order valence-corrected chi connectivity index (χ2v) is 14.7. The molecule has 0 aliphatic carbocycles. The summed E-state index contributed by atoms with van der Waals surface area (Å²) in [6.45, 7) is 1.07. The maximum absolute atomic E-state index is 11.9. The molecule has 9 aliphatic rings. The van der Waals surface area contributed by atoms with E-state index in [2.05, 4.69) is 35.5 Å².